The van der Waals surface area contributed by atoms with Gasteiger partial charge in [0.25, 0.3) is 0 Å². The van der Waals surface area contributed by atoms with Crippen molar-refractivity contribution in [2.45, 2.75) is 57.7 Å². The lowest BCUT2D eigenvalue weighted by molar-refractivity contribution is -0.150. The Labute approximate surface area is 133 Å². The van der Waals surface area contributed by atoms with Gasteiger partial charge in [-0.3, -0.25) is 9.59 Å². The molecule has 2 unspecified atom stereocenters. The van der Waals surface area contributed by atoms with Crippen molar-refractivity contribution in [1.82, 2.24) is 10.2 Å². The zero-order valence-corrected chi connectivity index (χ0v) is 13.4. The molecule has 0 aliphatic carbocycles. The molecule has 1 fully saturated rings. The molecule has 9 heteroatoms. The van der Waals surface area contributed by atoms with Crippen molar-refractivity contribution in [3.8, 4) is 0 Å². The first kappa shape index (κ1) is 18.7. The molecular weight excluding hydrogens is 308 g/mol. The third-order valence-electron chi connectivity index (χ3n) is 3.19. The SMILES string of the molecule is CC(C)(C)OC(=O)NC(CC(=O)O)C(=O)N1CCCC1C(=O)O. The second-order valence-corrected chi connectivity index (χ2v) is 6.32. The maximum absolute atomic E-state index is 12.4. The minimum absolute atomic E-state index is 0.210. The van der Waals surface area contributed by atoms with Gasteiger partial charge in [-0.25, -0.2) is 9.59 Å². The van der Waals surface area contributed by atoms with Crippen LogP contribution in [0.4, 0.5) is 4.79 Å². The van der Waals surface area contributed by atoms with Gasteiger partial charge in [-0.2, -0.15) is 0 Å². The van der Waals surface area contributed by atoms with Crippen LogP contribution in [-0.2, 0) is 19.1 Å². The molecule has 1 heterocycles. The van der Waals surface area contributed by atoms with E-state index in [9.17, 15) is 19.2 Å². The number of ether oxygens (including phenoxy) is 1. The number of carboxylic acids is 2. The summed E-state index contributed by atoms with van der Waals surface area (Å²) in [5.41, 5.74) is -0.807. The predicted octanol–water partition coefficient (Wildman–Crippen LogP) is 0.430. The Bertz CT molecular complexity index is 498. The number of carbonyl (C=O) groups is 4. The van der Waals surface area contributed by atoms with Gasteiger partial charge in [0.05, 0.1) is 6.42 Å². The Balaban J connectivity index is 2.84. The van der Waals surface area contributed by atoms with Crippen LogP contribution in [0.15, 0.2) is 0 Å². The molecule has 2 atom stereocenters. The van der Waals surface area contributed by atoms with Crippen LogP contribution >= 0.6 is 0 Å². The summed E-state index contributed by atoms with van der Waals surface area (Å²) < 4.78 is 5.01. The standard InChI is InChI=1S/C14H22N2O7/c1-14(2,3)23-13(22)15-8(7-10(17)18)11(19)16-6-4-5-9(16)12(20)21/h8-9H,4-7H2,1-3H3,(H,15,22)(H,17,18)(H,20,21). The largest absolute Gasteiger partial charge is 0.481 e. The fraction of sp³-hybridized carbons (Fsp3) is 0.714. The third kappa shape index (κ3) is 5.76. The molecule has 130 valence electrons. The number of hydrogen-bond acceptors (Lipinski definition) is 5. The van der Waals surface area contributed by atoms with Crippen LogP contribution in [0, 0.1) is 0 Å². The third-order valence-corrected chi connectivity index (χ3v) is 3.19. The number of nitrogens with one attached hydrogen (secondary N) is 1. The van der Waals surface area contributed by atoms with Gasteiger partial charge in [0.15, 0.2) is 0 Å². The Morgan fingerprint density at radius 2 is 1.87 bits per heavy atom. The summed E-state index contributed by atoms with van der Waals surface area (Å²) in [5, 5.41) is 20.2. The maximum atomic E-state index is 12.4. The molecule has 0 aromatic heterocycles. The molecule has 0 bridgehead atoms. The maximum Gasteiger partial charge on any atom is 0.408 e. The monoisotopic (exact) mass is 330 g/mol. The van der Waals surface area contributed by atoms with Crippen molar-refractivity contribution >= 4 is 23.9 Å². The molecule has 0 aromatic rings. The van der Waals surface area contributed by atoms with Crippen LogP contribution in [0.2, 0.25) is 0 Å². The van der Waals surface area contributed by atoms with Crippen LogP contribution in [0.3, 0.4) is 0 Å². The second-order valence-electron chi connectivity index (χ2n) is 6.32. The van der Waals surface area contributed by atoms with E-state index in [0.717, 1.165) is 4.90 Å². The van der Waals surface area contributed by atoms with Crippen LogP contribution in [0.1, 0.15) is 40.0 Å². The van der Waals surface area contributed by atoms with Gasteiger partial charge < -0.3 is 25.2 Å². The number of amides is 2. The van der Waals surface area contributed by atoms with Crippen LogP contribution < -0.4 is 5.32 Å². The zero-order valence-electron chi connectivity index (χ0n) is 13.4. The topological polar surface area (TPSA) is 133 Å². The summed E-state index contributed by atoms with van der Waals surface area (Å²) in [7, 11) is 0. The van der Waals surface area contributed by atoms with Gasteiger partial charge >= 0.3 is 18.0 Å². The van der Waals surface area contributed by atoms with E-state index in [1.54, 1.807) is 20.8 Å². The van der Waals surface area contributed by atoms with Gasteiger partial charge in [0.2, 0.25) is 5.91 Å². The molecule has 3 N–H and O–H groups in total. The van der Waals surface area contributed by atoms with E-state index in [-0.39, 0.29) is 6.54 Å². The first-order valence-electron chi connectivity index (χ1n) is 7.26. The summed E-state index contributed by atoms with van der Waals surface area (Å²) >= 11 is 0. The van der Waals surface area contributed by atoms with Crippen molar-refractivity contribution in [3.63, 3.8) is 0 Å². The highest BCUT2D eigenvalue weighted by Gasteiger charge is 2.38. The Morgan fingerprint density at radius 1 is 1.26 bits per heavy atom. The van der Waals surface area contributed by atoms with Crippen molar-refractivity contribution in [2.75, 3.05) is 6.54 Å². The summed E-state index contributed by atoms with van der Waals surface area (Å²) in [6.07, 6.45) is -0.772. The Kier molecular flexibility index (Phi) is 5.94. The number of alkyl carbamates (subject to hydrolysis) is 1. The quantitative estimate of drug-likeness (QED) is 0.665. The molecule has 0 radical (unpaired) electrons. The van der Waals surface area contributed by atoms with Crippen molar-refractivity contribution < 1.29 is 34.1 Å². The zero-order chi connectivity index (χ0) is 17.8. The molecule has 0 saturated carbocycles. The molecule has 9 nitrogen and oxygen atoms in total. The summed E-state index contributed by atoms with van der Waals surface area (Å²) in [4.78, 5) is 47.4. The summed E-state index contributed by atoms with van der Waals surface area (Å²) in [6, 6.07) is -2.37. The van der Waals surface area contributed by atoms with E-state index in [0.29, 0.717) is 12.8 Å². The highest BCUT2D eigenvalue weighted by molar-refractivity contribution is 5.92. The summed E-state index contributed by atoms with van der Waals surface area (Å²) in [5.74, 6) is -3.17. The molecule has 1 rings (SSSR count). The second kappa shape index (κ2) is 7.30. The highest BCUT2D eigenvalue weighted by Crippen LogP contribution is 2.19. The lowest BCUT2D eigenvalue weighted by Gasteiger charge is -2.27. The van der Waals surface area contributed by atoms with Gasteiger partial charge in [-0.15, -0.1) is 0 Å². The number of rotatable bonds is 5. The molecule has 1 aliphatic heterocycles. The first-order valence-corrected chi connectivity index (χ1v) is 7.26. The smallest absolute Gasteiger partial charge is 0.408 e. The van der Waals surface area contributed by atoms with Gasteiger partial charge in [-0.05, 0) is 33.6 Å². The molecule has 1 aliphatic rings. The number of nitrogens with zero attached hydrogens (tertiary/aromatic N) is 1. The van der Waals surface area contributed by atoms with Gasteiger partial charge in [-0.1, -0.05) is 0 Å². The van der Waals surface area contributed by atoms with Crippen molar-refractivity contribution in [1.29, 1.82) is 0 Å². The van der Waals surface area contributed by atoms with Crippen LogP contribution in [0.25, 0.3) is 0 Å². The number of aliphatic carboxylic acids is 2. The molecule has 23 heavy (non-hydrogen) atoms. The molecule has 0 aromatic carbocycles. The number of carboxylic acid groups (broad SMARTS) is 2. The Hall–Kier alpha value is -2.32. The van der Waals surface area contributed by atoms with Crippen molar-refractivity contribution in [2.24, 2.45) is 0 Å². The van der Waals surface area contributed by atoms with E-state index in [1.165, 1.54) is 0 Å². The van der Waals surface area contributed by atoms with Gasteiger partial charge in [0, 0.05) is 6.54 Å². The minimum Gasteiger partial charge on any atom is -0.481 e. The first-order chi connectivity index (χ1) is 10.5. The number of likely N-dealkylation sites (tertiary alicyclic amines) is 1. The highest BCUT2D eigenvalue weighted by atomic mass is 16.6. The van der Waals surface area contributed by atoms with Crippen LogP contribution in [-0.4, -0.2) is 63.3 Å². The lowest BCUT2D eigenvalue weighted by atomic mass is 10.1. The fourth-order valence-corrected chi connectivity index (χ4v) is 2.31. The normalized spacial score (nSPS) is 19.1. The van der Waals surface area contributed by atoms with E-state index in [4.69, 9.17) is 14.9 Å². The number of carbonyl (C=O) groups excluding carboxylic acids is 2. The minimum atomic E-state index is -1.37. The average molecular weight is 330 g/mol. The van der Waals surface area contributed by atoms with E-state index in [1.807, 2.05) is 0 Å². The average Bonchev–Trinajstić information content (AvgIpc) is 2.83. The molecule has 2 amide bonds. The van der Waals surface area contributed by atoms with Crippen molar-refractivity contribution in [3.05, 3.63) is 0 Å². The molecule has 0 spiro atoms. The lowest BCUT2D eigenvalue weighted by Crippen LogP contribution is -2.53. The number of hydrogen-bond donors (Lipinski definition) is 3. The van der Waals surface area contributed by atoms with E-state index >= 15 is 0 Å². The summed E-state index contributed by atoms with van der Waals surface area (Å²) in [6.45, 7) is 5.09. The predicted molar refractivity (Wildman–Crippen MR) is 77.8 cm³/mol. The Morgan fingerprint density at radius 3 is 2.35 bits per heavy atom. The van der Waals surface area contributed by atoms with E-state index in [2.05, 4.69) is 5.32 Å². The van der Waals surface area contributed by atoms with Gasteiger partial charge in [0.1, 0.15) is 17.7 Å². The molecular formula is C14H22N2O7. The van der Waals surface area contributed by atoms with E-state index < -0.39 is 48.0 Å². The molecule has 1 saturated heterocycles. The van der Waals surface area contributed by atoms with Crippen LogP contribution in [0.5, 0.6) is 0 Å². The fourth-order valence-electron chi connectivity index (χ4n) is 2.31.